The predicted molar refractivity (Wildman–Crippen MR) is 59.3 cm³/mol. The highest BCUT2D eigenvalue weighted by molar-refractivity contribution is 5.85. The summed E-state index contributed by atoms with van der Waals surface area (Å²) in [6.07, 6.45) is 7.56. The molecule has 0 aliphatic rings. The van der Waals surface area contributed by atoms with Crippen LogP contribution in [0.1, 0.15) is 52.9 Å². The summed E-state index contributed by atoms with van der Waals surface area (Å²) >= 11 is 0. The van der Waals surface area contributed by atoms with E-state index in [4.69, 9.17) is 5.11 Å². The van der Waals surface area contributed by atoms with Gasteiger partial charge in [-0.1, -0.05) is 45.6 Å². The minimum atomic E-state index is -0.795. The molecule has 1 N–H and O–H groups in total. The van der Waals surface area contributed by atoms with Crippen LogP contribution >= 0.6 is 0 Å². The van der Waals surface area contributed by atoms with Gasteiger partial charge in [0.25, 0.3) is 0 Å². The molecule has 0 rings (SSSR count). The van der Waals surface area contributed by atoms with Gasteiger partial charge in [0.2, 0.25) is 0 Å². The number of allylic oxidation sites excluding steroid dienone is 1. The third-order valence-corrected chi connectivity index (χ3v) is 2.49. The van der Waals surface area contributed by atoms with Crippen LogP contribution in [0.4, 0.5) is 0 Å². The van der Waals surface area contributed by atoms with Gasteiger partial charge in [-0.15, -0.1) is 0 Å². The average molecular weight is 198 g/mol. The summed E-state index contributed by atoms with van der Waals surface area (Å²) in [6, 6.07) is 0. The fourth-order valence-electron chi connectivity index (χ4n) is 1.63. The highest BCUT2D eigenvalue weighted by atomic mass is 16.4. The van der Waals surface area contributed by atoms with E-state index < -0.39 is 5.97 Å². The van der Waals surface area contributed by atoms with E-state index in [1.807, 2.05) is 6.08 Å². The minimum absolute atomic E-state index is 0.474. The van der Waals surface area contributed by atoms with Crippen LogP contribution < -0.4 is 0 Å². The Morgan fingerprint density at radius 2 is 1.79 bits per heavy atom. The van der Waals surface area contributed by atoms with E-state index in [2.05, 4.69) is 13.8 Å². The molecule has 2 nitrogen and oxygen atoms in total. The van der Waals surface area contributed by atoms with Gasteiger partial charge in [-0.25, -0.2) is 4.79 Å². The van der Waals surface area contributed by atoms with Crippen molar-refractivity contribution in [3.63, 3.8) is 0 Å². The first-order chi connectivity index (χ1) is 6.61. The standard InChI is InChI=1S/C12H22O2/c1-4-6-11(7-5-2)9-8-10(3)12(13)14/h8,11H,4-7,9H2,1-3H3,(H,13,14). The van der Waals surface area contributed by atoms with Crippen LogP contribution in [0.25, 0.3) is 0 Å². The lowest BCUT2D eigenvalue weighted by molar-refractivity contribution is -0.132. The molecular formula is C12H22O2. The summed E-state index contributed by atoms with van der Waals surface area (Å²) in [6.45, 7) is 6.02. The van der Waals surface area contributed by atoms with Crippen LogP contribution in [0.15, 0.2) is 11.6 Å². The van der Waals surface area contributed by atoms with Gasteiger partial charge in [0.1, 0.15) is 0 Å². The molecule has 14 heavy (non-hydrogen) atoms. The fourth-order valence-corrected chi connectivity index (χ4v) is 1.63. The lowest BCUT2D eigenvalue weighted by Crippen LogP contribution is -2.01. The largest absolute Gasteiger partial charge is 0.478 e. The molecule has 0 amide bonds. The molecule has 0 aromatic carbocycles. The van der Waals surface area contributed by atoms with E-state index in [1.165, 1.54) is 25.7 Å². The van der Waals surface area contributed by atoms with Crippen molar-refractivity contribution in [2.75, 3.05) is 0 Å². The summed E-state index contributed by atoms with van der Waals surface area (Å²) < 4.78 is 0. The number of hydrogen-bond donors (Lipinski definition) is 1. The maximum absolute atomic E-state index is 10.6. The molecule has 0 saturated carbocycles. The first-order valence-electron chi connectivity index (χ1n) is 5.51. The molecule has 0 radical (unpaired) electrons. The molecule has 82 valence electrons. The van der Waals surface area contributed by atoms with Crippen molar-refractivity contribution in [1.29, 1.82) is 0 Å². The molecule has 0 aromatic heterocycles. The zero-order chi connectivity index (χ0) is 11.0. The quantitative estimate of drug-likeness (QED) is 0.634. The van der Waals surface area contributed by atoms with Gasteiger partial charge in [0, 0.05) is 5.57 Å². The van der Waals surface area contributed by atoms with Crippen molar-refractivity contribution in [3.05, 3.63) is 11.6 Å². The zero-order valence-electron chi connectivity index (χ0n) is 9.55. The van der Waals surface area contributed by atoms with Crippen molar-refractivity contribution in [1.82, 2.24) is 0 Å². The number of rotatable bonds is 7. The molecular weight excluding hydrogens is 176 g/mol. The number of carboxylic acid groups (broad SMARTS) is 1. The molecule has 0 heterocycles. The van der Waals surface area contributed by atoms with Crippen LogP contribution in [-0.4, -0.2) is 11.1 Å². The van der Waals surface area contributed by atoms with Gasteiger partial charge in [-0.05, 0) is 19.3 Å². The molecule has 0 bridgehead atoms. The highest BCUT2D eigenvalue weighted by Gasteiger charge is 2.06. The Hall–Kier alpha value is -0.790. The van der Waals surface area contributed by atoms with E-state index in [0.717, 1.165) is 6.42 Å². The van der Waals surface area contributed by atoms with Crippen molar-refractivity contribution in [2.45, 2.75) is 52.9 Å². The van der Waals surface area contributed by atoms with Gasteiger partial charge < -0.3 is 5.11 Å². The average Bonchev–Trinajstić information content (AvgIpc) is 2.14. The van der Waals surface area contributed by atoms with Gasteiger partial charge in [0.15, 0.2) is 0 Å². The molecule has 0 saturated heterocycles. The Morgan fingerprint density at radius 3 is 2.14 bits per heavy atom. The first kappa shape index (κ1) is 13.2. The molecule has 0 aromatic rings. The summed E-state index contributed by atoms with van der Waals surface area (Å²) in [5, 5.41) is 8.69. The summed E-state index contributed by atoms with van der Waals surface area (Å²) in [7, 11) is 0. The van der Waals surface area contributed by atoms with Crippen molar-refractivity contribution >= 4 is 5.97 Å². The number of carbonyl (C=O) groups is 1. The Bertz CT molecular complexity index is 188. The molecule has 0 fully saturated rings. The number of aliphatic carboxylic acids is 1. The van der Waals surface area contributed by atoms with E-state index >= 15 is 0 Å². The van der Waals surface area contributed by atoms with E-state index in [0.29, 0.717) is 11.5 Å². The van der Waals surface area contributed by atoms with Crippen LogP contribution in [0.5, 0.6) is 0 Å². The lowest BCUT2D eigenvalue weighted by atomic mass is 9.94. The fraction of sp³-hybridized carbons (Fsp3) is 0.750. The lowest BCUT2D eigenvalue weighted by Gasteiger charge is -2.12. The second-order valence-electron chi connectivity index (χ2n) is 3.87. The molecule has 0 spiro atoms. The maximum Gasteiger partial charge on any atom is 0.330 e. The summed E-state index contributed by atoms with van der Waals surface area (Å²) in [5.74, 6) is -0.129. The van der Waals surface area contributed by atoms with Crippen LogP contribution in [0.3, 0.4) is 0 Å². The SMILES string of the molecule is CCCC(CC=C(C)C(=O)O)CCC. The first-order valence-corrected chi connectivity index (χ1v) is 5.51. The van der Waals surface area contributed by atoms with E-state index in [-0.39, 0.29) is 0 Å². The summed E-state index contributed by atoms with van der Waals surface area (Å²) in [5.41, 5.74) is 0.474. The smallest absolute Gasteiger partial charge is 0.330 e. The Morgan fingerprint density at radius 1 is 1.29 bits per heavy atom. The topological polar surface area (TPSA) is 37.3 Å². The second-order valence-corrected chi connectivity index (χ2v) is 3.87. The van der Waals surface area contributed by atoms with Crippen LogP contribution in [0, 0.1) is 5.92 Å². The van der Waals surface area contributed by atoms with E-state index in [1.54, 1.807) is 6.92 Å². The van der Waals surface area contributed by atoms with Gasteiger partial charge in [-0.3, -0.25) is 0 Å². The van der Waals surface area contributed by atoms with Gasteiger partial charge in [0.05, 0.1) is 0 Å². The molecule has 0 aliphatic heterocycles. The van der Waals surface area contributed by atoms with Crippen molar-refractivity contribution in [3.8, 4) is 0 Å². The van der Waals surface area contributed by atoms with Crippen molar-refractivity contribution < 1.29 is 9.90 Å². The maximum atomic E-state index is 10.6. The van der Waals surface area contributed by atoms with E-state index in [9.17, 15) is 4.79 Å². The summed E-state index contributed by atoms with van der Waals surface area (Å²) in [4.78, 5) is 10.6. The van der Waals surface area contributed by atoms with Crippen LogP contribution in [-0.2, 0) is 4.79 Å². The van der Waals surface area contributed by atoms with Crippen molar-refractivity contribution in [2.24, 2.45) is 5.92 Å². The molecule has 0 aliphatic carbocycles. The molecule has 2 heteroatoms. The highest BCUT2D eigenvalue weighted by Crippen LogP contribution is 2.18. The Labute approximate surface area is 87.0 Å². The number of hydrogen-bond acceptors (Lipinski definition) is 1. The Kier molecular flexibility index (Phi) is 7.17. The second kappa shape index (κ2) is 7.60. The van der Waals surface area contributed by atoms with Gasteiger partial charge in [-0.2, -0.15) is 0 Å². The minimum Gasteiger partial charge on any atom is -0.478 e. The zero-order valence-corrected chi connectivity index (χ0v) is 9.55. The molecule has 0 atom stereocenters. The molecule has 0 unspecified atom stereocenters. The third-order valence-electron chi connectivity index (χ3n) is 2.49. The normalized spacial score (nSPS) is 12.1. The monoisotopic (exact) mass is 198 g/mol. The Balaban J connectivity index is 4.02. The van der Waals surface area contributed by atoms with Crippen LogP contribution in [0.2, 0.25) is 0 Å². The number of carboxylic acids is 1. The third kappa shape index (κ3) is 5.79. The van der Waals surface area contributed by atoms with Gasteiger partial charge >= 0.3 is 5.97 Å². The predicted octanol–water partition coefficient (Wildman–Crippen LogP) is 3.62.